The van der Waals surface area contributed by atoms with Crippen LogP contribution in [0.3, 0.4) is 0 Å². The predicted octanol–water partition coefficient (Wildman–Crippen LogP) is 4.25. The molecule has 0 amide bonds. The van der Waals surface area contributed by atoms with Gasteiger partial charge in [-0.05, 0) is 30.5 Å². The largest absolute Gasteiger partial charge is 0.508 e. The van der Waals surface area contributed by atoms with Gasteiger partial charge in [0.15, 0.2) is 0 Å². The smallest absolute Gasteiger partial charge is 0.330 e. The third-order valence-electron chi connectivity index (χ3n) is 4.39. The van der Waals surface area contributed by atoms with Crippen molar-refractivity contribution in [2.75, 3.05) is 0 Å². The molecule has 0 spiro atoms. The van der Waals surface area contributed by atoms with E-state index < -0.39 is 18.0 Å². The van der Waals surface area contributed by atoms with Crippen LogP contribution >= 0.6 is 0 Å². The summed E-state index contributed by atoms with van der Waals surface area (Å²) in [6, 6.07) is 5.55. The quantitative estimate of drug-likeness (QED) is 0.311. The van der Waals surface area contributed by atoms with Crippen molar-refractivity contribution in [3.63, 3.8) is 0 Å². The number of unbranched alkanes of at least 4 members (excludes halogenated alkanes) is 8. The van der Waals surface area contributed by atoms with Crippen LogP contribution in [0.4, 0.5) is 0 Å². The van der Waals surface area contributed by atoms with Gasteiger partial charge in [-0.3, -0.25) is 4.79 Å². The highest BCUT2D eigenvalue weighted by atomic mass is 16.6. The number of carbonyl (C=O) groups is 2. The zero-order valence-electron chi connectivity index (χ0n) is 15.9. The van der Waals surface area contributed by atoms with E-state index in [0.717, 1.165) is 24.8 Å². The molecule has 1 aromatic carbocycles. The lowest BCUT2D eigenvalue weighted by Gasteiger charge is -2.10. The summed E-state index contributed by atoms with van der Waals surface area (Å²) in [4.78, 5) is 23.6. The van der Waals surface area contributed by atoms with Gasteiger partial charge in [0.25, 0.3) is 0 Å². The van der Waals surface area contributed by atoms with E-state index >= 15 is 0 Å². The molecule has 26 heavy (non-hydrogen) atoms. The SMILES string of the molecule is CCCCCCCCCCCC(=O)OC(=O)[C@@H](N)Cc1ccc(O)cc1. The molecule has 1 rings (SSSR count). The molecule has 5 nitrogen and oxygen atoms in total. The monoisotopic (exact) mass is 363 g/mol. The molecule has 0 aliphatic carbocycles. The van der Waals surface area contributed by atoms with Crippen LogP contribution in [-0.2, 0) is 20.7 Å². The highest BCUT2D eigenvalue weighted by molar-refractivity contribution is 5.88. The number of hydrogen-bond donors (Lipinski definition) is 2. The van der Waals surface area contributed by atoms with Crippen molar-refractivity contribution in [3.8, 4) is 5.75 Å². The molecule has 5 heteroatoms. The van der Waals surface area contributed by atoms with E-state index in [2.05, 4.69) is 6.92 Å². The molecule has 0 bridgehead atoms. The lowest BCUT2D eigenvalue weighted by molar-refractivity contribution is -0.160. The molecular formula is C21H33NO4. The van der Waals surface area contributed by atoms with Gasteiger partial charge in [0, 0.05) is 6.42 Å². The number of aromatic hydroxyl groups is 1. The Morgan fingerprint density at radius 3 is 2.08 bits per heavy atom. The Morgan fingerprint density at radius 1 is 0.962 bits per heavy atom. The number of nitrogens with two attached hydrogens (primary N) is 1. The third-order valence-corrected chi connectivity index (χ3v) is 4.39. The average molecular weight is 363 g/mol. The van der Waals surface area contributed by atoms with Crippen LogP contribution in [-0.4, -0.2) is 23.1 Å². The van der Waals surface area contributed by atoms with E-state index in [-0.39, 0.29) is 18.6 Å². The maximum atomic E-state index is 11.9. The van der Waals surface area contributed by atoms with Gasteiger partial charge in [0.2, 0.25) is 0 Å². The zero-order chi connectivity index (χ0) is 19.2. The minimum Gasteiger partial charge on any atom is -0.508 e. The number of benzene rings is 1. The maximum absolute atomic E-state index is 11.9. The van der Waals surface area contributed by atoms with Gasteiger partial charge >= 0.3 is 11.9 Å². The Hall–Kier alpha value is -1.88. The molecule has 3 N–H and O–H groups in total. The van der Waals surface area contributed by atoms with E-state index in [1.165, 1.54) is 50.7 Å². The molecule has 0 aliphatic heterocycles. The van der Waals surface area contributed by atoms with Gasteiger partial charge in [0.1, 0.15) is 11.8 Å². The molecule has 0 saturated heterocycles. The van der Waals surface area contributed by atoms with Crippen molar-refractivity contribution in [1.82, 2.24) is 0 Å². The Kier molecular flexibility index (Phi) is 11.4. The van der Waals surface area contributed by atoms with Gasteiger partial charge in [-0.2, -0.15) is 0 Å². The number of rotatable bonds is 13. The van der Waals surface area contributed by atoms with E-state index in [1.54, 1.807) is 12.1 Å². The number of ether oxygens (including phenoxy) is 1. The minimum atomic E-state index is -0.883. The van der Waals surface area contributed by atoms with Crippen LogP contribution in [0, 0.1) is 0 Å². The Bertz CT molecular complexity index is 527. The summed E-state index contributed by atoms with van der Waals surface area (Å²) in [5.41, 5.74) is 6.59. The van der Waals surface area contributed by atoms with Crippen molar-refractivity contribution in [1.29, 1.82) is 0 Å². The van der Waals surface area contributed by atoms with E-state index in [0.29, 0.717) is 0 Å². The van der Waals surface area contributed by atoms with Crippen LogP contribution in [0.2, 0.25) is 0 Å². The van der Waals surface area contributed by atoms with Crippen LogP contribution in [0.1, 0.15) is 76.7 Å². The molecular weight excluding hydrogens is 330 g/mol. The minimum absolute atomic E-state index is 0.154. The summed E-state index contributed by atoms with van der Waals surface area (Å²) in [5, 5.41) is 9.24. The highest BCUT2D eigenvalue weighted by Crippen LogP contribution is 2.12. The van der Waals surface area contributed by atoms with Gasteiger partial charge in [-0.1, -0.05) is 70.4 Å². The second-order valence-corrected chi connectivity index (χ2v) is 6.85. The number of phenolic OH excluding ortho intramolecular Hbond substituents is 1. The topological polar surface area (TPSA) is 89.6 Å². The van der Waals surface area contributed by atoms with E-state index in [4.69, 9.17) is 10.5 Å². The fourth-order valence-electron chi connectivity index (χ4n) is 2.79. The number of phenols is 1. The van der Waals surface area contributed by atoms with Crippen molar-refractivity contribution in [2.24, 2.45) is 5.73 Å². The lowest BCUT2D eigenvalue weighted by Crippen LogP contribution is -2.35. The van der Waals surface area contributed by atoms with Crippen molar-refractivity contribution in [3.05, 3.63) is 29.8 Å². The van der Waals surface area contributed by atoms with Gasteiger partial charge in [-0.25, -0.2) is 4.79 Å². The normalized spacial score (nSPS) is 11.9. The van der Waals surface area contributed by atoms with Gasteiger partial charge in [0.05, 0.1) is 0 Å². The zero-order valence-corrected chi connectivity index (χ0v) is 15.9. The first kappa shape index (κ1) is 22.2. The summed E-state index contributed by atoms with van der Waals surface area (Å²) in [7, 11) is 0. The summed E-state index contributed by atoms with van der Waals surface area (Å²) in [5.74, 6) is -1.04. The lowest BCUT2D eigenvalue weighted by atomic mass is 10.1. The molecule has 0 fully saturated rings. The summed E-state index contributed by atoms with van der Waals surface area (Å²) in [6.07, 6.45) is 11.0. The highest BCUT2D eigenvalue weighted by Gasteiger charge is 2.19. The molecule has 0 radical (unpaired) electrons. The van der Waals surface area contributed by atoms with Gasteiger partial charge < -0.3 is 15.6 Å². The van der Waals surface area contributed by atoms with Crippen LogP contribution in [0.15, 0.2) is 24.3 Å². The molecule has 1 atom stereocenters. The predicted molar refractivity (Wildman–Crippen MR) is 103 cm³/mol. The van der Waals surface area contributed by atoms with Crippen molar-refractivity contribution < 1.29 is 19.4 Å². The standard InChI is InChI=1S/C21H33NO4/c1-2-3-4-5-6-7-8-9-10-11-20(24)26-21(25)19(22)16-17-12-14-18(23)15-13-17/h12-15,19,23H,2-11,16,22H2,1H3/t19-/m0/s1. The molecule has 0 unspecified atom stereocenters. The number of carbonyl (C=O) groups excluding carboxylic acids is 2. The third kappa shape index (κ3) is 10.2. The second kappa shape index (κ2) is 13.3. The van der Waals surface area contributed by atoms with Crippen LogP contribution < -0.4 is 5.73 Å². The maximum Gasteiger partial charge on any atom is 0.330 e. The Morgan fingerprint density at radius 2 is 1.50 bits per heavy atom. The second-order valence-electron chi connectivity index (χ2n) is 6.85. The van der Waals surface area contributed by atoms with Crippen molar-refractivity contribution in [2.45, 2.75) is 83.6 Å². The fourth-order valence-corrected chi connectivity index (χ4v) is 2.79. The number of hydrogen-bond acceptors (Lipinski definition) is 5. The summed E-state index contributed by atoms with van der Waals surface area (Å²) < 4.78 is 4.83. The molecule has 0 aliphatic rings. The first-order valence-electron chi connectivity index (χ1n) is 9.81. The fraction of sp³-hybridized carbons (Fsp3) is 0.619. The molecule has 146 valence electrons. The van der Waals surface area contributed by atoms with E-state index in [1.807, 2.05) is 0 Å². The molecule has 0 aromatic heterocycles. The summed E-state index contributed by atoms with van der Waals surface area (Å²) >= 11 is 0. The Balaban J connectivity index is 2.10. The van der Waals surface area contributed by atoms with Crippen LogP contribution in [0.25, 0.3) is 0 Å². The number of esters is 2. The van der Waals surface area contributed by atoms with E-state index in [9.17, 15) is 14.7 Å². The summed E-state index contributed by atoms with van der Waals surface area (Å²) in [6.45, 7) is 2.21. The van der Waals surface area contributed by atoms with Crippen LogP contribution in [0.5, 0.6) is 5.75 Å². The van der Waals surface area contributed by atoms with Crippen molar-refractivity contribution >= 4 is 11.9 Å². The first-order valence-corrected chi connectivity index (χ1v) is 9.81. The Labute approximate surface area is 156 Å². The molecule has 0 heterocycles. The first-order chi connectivity index (χ1) is 12.5. The molecule has 1 aromatic rings. The van der Waals surface area contributed by atoms with Gasteiger partial charge in [-0.15, -0.1) is 0 Å². The average Bonchev–Trinajstić information content (AvgIpc) is 2.62. The molecule has 0 saturated carbocycles.